The summed E-state index contributed by atoms with van der Waals surface area (Å²) in [6.45, 7) is 12.8. The molecule has 3 aliphatic heterocycles. The molecule has 14 nitrogen and oxygen atoms in total. The molecule has 0 aromatic carbocycles. The van der Waals surface area contributed by atoms with Gasteiger partial charge >= 0.3 is 6.09 Å². The van der Waals surface area contributed by atoms with Crippen LogP contribution in [0, 0.1) is 5.41 Å². The molecule has 232 valence electrons. The number of fused-ring (bicyclic) bond motifs is 2. The minimum Gasteiger partial charge on any atom is -0.444 e. The molecule has 7 heterocycles. The Kier molecular flexibility index (Phi) is 6.91. The van der Waals surface area contributed by atoms with Gasteiger partial charge in [0.25, 0.3) is 0 Å². The maximum Gasteiger partial charge on any atom is 0.407 e. The van der Waals surface area contributed by atoms with Crippen molar-refractivity contribution in [2.24, 2.45) is 5.41 Å². The van der Waals surface area contributed by atoms with E-state index in [0.29, 0.717) is 24.0 Å². The Bertz CT molecular complexity index is 1660. The molecule has 0 saturated carbocycles. The second-order valence-corrected chi connectivity index (χ2v) is 13.2. The zero-order chi connectivity index (χ0) is 30.6. The predicted octanol–water partition coefficient (Wildman–Crippen LogP) is 4.08. The van der Waals surface area contributed by atoms with Gasteiger partial charge in [-0.15, -0.1) is 0 Å². The lowest BCUT2D eigenvalue weighted by atomic mass is 9.73. The van der Waals surface area contributed by atoms with E-state index in [4.69, 9.17) is 24.4 Å². The first kappa shape index (κ1) is 28.4. The first-order valence-corrected chi connectivity index (χ1v) is 15.3. The summed E-state index contributed by atoms with van der Waals surface area (Å²) in [6.07, 6.45) is 5.49. The maximum absolute atomic E-state index is 12.6. The van der Waals surface area contributed by atoms with E-state index in [-0.39, 0.29) is 17.6 Å². The third-order valence-electron chi connectivity index (χ3n) is 9.12. The third kappa shape index (κ3) is 5.10. The van der Waals surface area contributed by atoms with Gasteiger partial charge in [0.1, 0.15) is 23.4 Å². The number of hydrogen-bond donors (Lipinski definition) is 3. The Hall–Kier alpha value is -4.33. The highest BCUT2D eigenvalue weighted by Crippen LogP contribution is 2.44. The van der Waals surface area contributed by atoms with Crippen LogP contribution in [0.25, 0.3) is 22.7 Å². The van der Waals surface area contributed by atoms with E-state index in [0.717, 1.165) is 73.1 Å². The fraction of sp³-hybridized carbons (Fsp3) is 0.567. The van der Waals surface area contributed by atoms with Crippen molar-refractivity contribution in [2.45, 2.75) is 77.5 Å². The van der Waals surface area contributed by atoms with E-state index in [2.05, 4.69) is 53.5 Å². The first-order valence-electron chi connectivity index (χ1n) is 15.3. The molecular weight excluding hydrogens is 562 g/mol. The molecule has 4 aromatic rings. The van der Waals surface area contributed by atoms with Crippen molar-refractivity contribution in [2.75, 3.05) is 36.0 Å². The quantitative estimate of drug-likeness (QED) is 0.309. The molecule has 44 heavy (non-hydrogen) atoms. The Balaban J connectivity index is 1.08. The molecule has 3 aliphatic rings. The van der Waals surface area contributed by atoms with Gasteiger partial charge in [-0.25, -0.2) is 24.7 Å². The molecule has 2 fully saturated rings. The Labute approximate surface area is 255 Å². The van der Waals surface area contributed by atoms with Crippen molar-refractivity contribution < 1.29 is 14.3 Å². The molecular formula is C30H39N11O3. The van der Waals surface area contributed by atoms with Gasteiger partial charge in [-0.1, -0.05) is 6.92 Å². The zero-order valence-corrected chi connectivity index (χ0v) is 25.8. The number of ether oxygens (including phenoxy) is 2. The summed E-state index contributed by atoms with van der Waals surface area (Å²) in [7, 11) is 0. The maximum atomic E-state index is 12.6. The number of carbonyl (C=O) groups is 1. The summed E-state index contributed by atoms with van der Waals surface area (Å²) in [5, 5.41) is 17.8. The number of nitrogens with one attached hydrogen (secondary N) is 3. The molecule has 3 atom stereocenters. The number of amides is 1. The number of hydrogen-bond acceptors (Lipinski definition) is 11. The van der Waals surface area contributed by atoms with Crippen LogP contribution in [0.3, 0.4) is 0 Å². The van der Waals surface area contributed by atoms with Crippen LogP contribution in [-0.4, -0.2) is 90.4 Å². The molecule has 14 heteroatoms. The first-order chi connectivity index (χ1) is 21.1. The van der Waals surface area contributed by atoms with Gasteiger partial charge in [-0.3, -0.25) is 10.2 Å². The van der Waals surface area contributed by atoms with Crippen LogP contribution in [0.15, 0.2) is 24.7 Å². The number of aromatic nitrogens is 8. The van der Waals surface area contributed by atoms with Gasteiger partial charge in [0.2, 0.25) is 0 Å². The van der Waals surface area contributed by atoms with E-state index >= 15 is 0 Å². The lowest BCUT2D eigenvalue weighted by Gasteiger charge is -2.42. The van der Waals surface area contributed by atoms with Crippen molar-refractivity contribution in [3.05, 3.63) is 30.4 Å². The Morgan fingerprint density at radius 3 is 2.68 bits per heavy atom. The van der Waals surface area contributed by atoms with E-state index in [1.165, 1.54) is 6.33 Å². The minimum absolute atomic E-state index is 0.0829. The number of rotatable bonds is 4. The van der Waals surface area contributed by atoms with E-state index in [9.17, 15) is 4.79 Å². The average Bonchev–Trinajstić information content (AvgIpc) is 3.74. The van der Waals surface area contributed by atoms with Gasteiger partial charge in [0.05, 0.1) is 36.3 Å². The molecule has 0 radical (unpaired) electrons. The number of anilines is 3. The lowest BCUT2D eigenvalue weighted by molar-refractivity contribution is 0.0434. The number of aromatic amines is 2. The summed E-state index contributed by atoms with van der Waals surface area (Å²) in [5.74, 6) is 2.49. The predicted molar refractivity (Wildman–Crippen MR) is 164 cm³/mol. The molecule has 3 N–H and O–H groups in total. The fourth-order valence-electron chi connectivity index (χ4n) is 6.76. The number of nitrogens with zero attached hydrogens (tertiary/aromatic N) is 8. The molecule has 2 saturated heterocycles. The van der Waals surface area contributed by atoms with Gasteiger partial charge in [0.15, 0.2) is 22.8 Å². The Morgan fingerprint density at radius 1 is 1.11 bits per heavy atom. The largest absolute Gasteiger partial charge is 0.444 e. The monoisotopic (exact) mass is 601 g/mol. The summed E-state index contributed by atoms with van der Waals surface area (Å²) < 4.78 is 11.6. The topological polar surface area (TPSA) is 163 Å². The van der Waals surface area contributed by atoms with Crippen molar-refractivity contribution in [3.8, 4) is 11.5 Å². The van der Waals surface area contributed by atoms with E-state index in [1.807, 2.05) is 40.0 Å². The normalized spacial score (nSPS) is 23.2. The third-order valence-corrected chi connectivity index (χ3v) is 9.12. The highest BCUT2D eigenvalue weighted by molar-refractivity contribution is 5.88. The molecule has 4 aromatic heterocycles. The SMILES string of the molecule is C[C@@H]1OCC2(CCN(c3cnc4c(N5CC[C@H](C)c6nc(-c7ncn[nH]7)ccc65)n[nH]c4n3)CC2)[C@@H]1NC(=O)OC(C)(C)C. The number of carbonyl (C=O) groups excluding carboxylic acids is 1. The van der Waals surface area contributed by atoms with Gasteiger partial charge in [-0.2, -0.15) is 10.2 Å². The van der Waals surface area contributed by atoms with Crippen LogP contribution in [0.2, 0.25) is 0 Å². The number of piperidine rings is 1. The smallest absolute Gasteiger partial charge is 0.407 e. The van der Waals surface area contributed by atoms with Crippen LogP contribution in [-0.2, 0) is 9.47 Å². The highest BCUT2D eigenvalue weighted by Gasteiger charge is 2.50. The van der Waals surface area contributed by atoms with Gasteiger partial charge in [0, 0.05) is 31.0 Å². The van der Waals surface area contributed by atoms with Crippen LogP contribution in [0.1, 0.15) is 65.5 Å². The van der Waals surface area contributed by atoms with Crippen molar-refractivity contribution in [3.63, 3.8) is 0 Å². The van der Waals surface area contributed by atoms with Gasteiger partial charge in [-0.05, 0) is 59.1 Å². The van der Waals surface area contributed by atoms with E-state index in [1.54, 1.807) is 0 Å². The van der Waals surface area contributed by atoms with Crippen LogP contribution in [0.4, 0.5) is 22.1 Å². The van der Waals surface area contributed by atoms with Crippen molar-refractivity contribution in [1.82, 2.24) is 45.6 Å². The number of alkyl carbamates (subject to hydrolysis) is 1. The van der Waals surface area contributed by atoms with Gasteiger partial charge < -0.3 is 24.6 Å². The number of pyridine rings is 1. The molecule has 0 bridgehead atoms. The highest BCUT2D eigenvalue weighted by atomic mass is 16.6. The summed E-state index contributed by atoms with van der Waals surface area (Å²) in [6, 6.07) is 3.91. The molecule has 7 rings (SSSR count). The van der Waals surface area contributed by atoms with Crippen LogP contribution < -0.4 is 15.1 Å². The van der Waals surface area contributed by atoms with E-state index < -0.39 is 11.7 Å². The standard InChI is InChI=1S/C30H39N11O3/c1-17-8-11-41(20-7-6-19(34-22(17)20)25-32-16-33-37-25)27-23-26(38-39-27)35-21(14-31-23)40-12-9-30(10-13-40)15-43-18(2)24(30)36-28(42)44-29(3,4)5/h6-7,14,16-18,24H,8-13,15H2,1-5H3,(H,36,42)(H,32,33,37)(H,35,38,39)/t17-,18-,24+/m0/s1. The van der Waals surface area contributed by atoms with Crippen molar-refractivity contribution >= 4 is 34.6 Å². The Morgan fingerprint density at radius 2 is 1.93 bits per heavy atom. The van der Waals surface area contributed by atoms with Crippen molar-refractivity contribution in [1.29, 1.82) is 0 Å². The lowest BCUT2D eigenvalue weighted by Crippen LogP contribution is -2.55. The molecule has 1 spiro atoms. The summed E-state index contributed by atoms with van der Waals surface area (Å²) in [5.41, 5.74) is 3.44. The minimum atomic E-state index is -0.554. The summed E-state index contributed by atoms with van der Waals surface area (Å²) >= 11 is 0. The number of H-pyrrole nitrogens is 2. The second kappa shape index (κ2) is 10.7. The second-order valence-electron chi connectivity index (χ2n) is 13.2. The average molecular weight is 602 g/mol. The fourth-order valence-corrected chi connectivity index (χ4v) is 6.76. The molecule has 1 amide bonds. The molecule has 0 unspecified atom stereocenters. The van der Waals surface area contributed by atoms with Crippen LogP contribution in [0.5, 0.6) is 0 Å². The summed E-state index contributed by atoms with van der Waals surface area (Å²) in [4.78, 5) is 36.0. The van der Waals surface area contributed by atoms with Crippen LogP contribution >= 0.6 is 0 Å². The molecule has 0 aliphatic carbocycles. The zero-order valence-electron chi connectivity index (χ0n) is 25.8.